The molecule has 152 valence electrons. The number of fused-ring (bicyclic) bond motifs is 1. The molecule has 1 fully saturated rings. The van der Waals surface area contributed by atoms with Crippen molar-refractivity contribution in [1.29, 1.82) is 0 Å². The third kappa shape index (κ3) is 4.95. The first-order valence-corrected chi connectivity index (χ1v) is 10.2. The molecule has 4 rings (SSSR count). The molecule has 29 heavy (non-hydrogen) atoms. The van der Waals surface area contributed by atoms with E-state index in [1.807, 2.05) is 23.1 Å². The van der Waals surface area contributed by atoms with Crippen molar-refractivity contribution < 1.29 is 19.1 Å². The molecule has 0 aliphatic carbocycles. The highest BCUT2D eigenvalue weighted by molar-refractivity contribution is 5.98. The number of Topliss-reactive ketones (excluding diaryl/α,β-unsaturated/α-hetero) is 1. The average molecular weight is 394 g/mol. The smallest absolute Gasteiger partial charge is 0.222 e. The van der Waals surface area contributed by atoms with Crippen LogP contribution >= 0.6 is 0 Å². The molecule has 0 radical (unpaired) electrons. The fourth-order valence-electron chi connectivity index (χ4n) is 3.72. The normalized spacial score (nSPS) is 16.5. The molecule has 6 heteroatoms. The number of ketones is 1. The number of benzene rings is 2. The summed E-state index contributed by atoms with van der Waals surface area (Å²) in [5.41, 5.74) is 1.82. The van der Waals surface area contributed by atoms with E-state index in [2.05, 4.69) is 17.0 Å². The number of rotatable bonds is 6. The number of piperazine rings is 1. The predicted octanol–water partition coefficient (Wildman–Crippen LogP) is 2.42. The molecule has 6 nitrogen and oxygen atoms in total. The number of carbonyl (C=O) groups excluding carboxylic acids is 2. The van der Waals surface area contributed by atoms with Gasteiger partial charge in [0.15, 0.2) is 17.3 Å². The molecule has 0 spiro atoms. The minimum absolute atomic E-state index is 0.0610. The van der Waals surface area contributed by atoms with Crippen LogP contribution in [0.25, 0.3) is 0 Å². The Morgan fingerprint density at radius 2 is 1.59 bits per heavy atom. The van der Waals surface area contributed by atoms with Gasteiger partial charge in [-0.2, -0.15) is 0 Å². The molecule has 0 saturated carbocycles. The van der Waals surface area contributed by atoms with Crippen molar-refractivity contribution in [2.24, 2.45) is 0 Å². The number of amides is 1. The summed E-state index contributed by atoms with van der Waals surface area (Å²) in [6, 6.07) is 15.4. The summed E-state index contributed by atoms with van der Waals surface area (Å²) in [4.78, 5) is 29.1. The highest BCUT2D eigenvalue weighted by atomic mass is 16.6. The van der Waals surface area contributed by atoms with Gasteiger partial charge in [-0.1, -0.05) is 30.3 Å². The van der Waals surface area contributed by atoms with Gasteiger partial charge in [-0.3, -0.25) is 14.5 Å². The molecule has 0 aromatic heterocycles. The van der Waals surface area contributed by atoms with E-state index in [1.54, 1.807) is 18.2 Å². The van der Waals surface area contributed by atoms with Crippen LogP contribution in [0.3, 0.4) is 0 Å². The summed E-state index contributed by atoms with van der Waals surface area (Å²) in [5, 5.41) is 0. The summed E-state index contributed by atoms with van der Waals surface area (Å²) in [6.07, 6.45) is 1.29. The summed E-state index contributed by atoms with van der Waals surface area (Å²) in [5.74, 6) is 1.57. The van der Waals surface area contributed by atoms with Crippen molar-refractivity contribution in [1.82, 2.24) is 9.80 Å². The second-order valence-electron chi connectivity index (χ2n) is 7.42. The summed E-state index contributed by atoms with van der Waals surface area (Å²) >= 11 is 0. The third-order valence-electron chi connectivity index (χ3n) is 5.43. The van der Waals surface area contributed by atoms with E-state index in [-0.39, 0.29) is 11.7 Å². The fraction of sp³-hybridized carbons (Fsp3) is 0.391. The maximum atomic E-state index is 12.7. The Hall–Kier alpha value is -2.86. The largest absolute Gasteiger partial charge is 0.486 e. The lowest BCUT2D eigenvalue weighted by molar-refractivity contribution is -0.132. The van der Waals surface area contributed by atoms with E-state index in [4.69, 9.17) is 9.47 Å². The lowest BCUT2D eigenvalue weighted by Gasteiger charge is -2.34. The van der Waals surface area contributed by atoms with Gasteiger partial charge in [0.25, 0.3) is 0 Å². The Kier molecular flexibility index (Phi) is 6.10. The third-order valence-corrected chi connectivity index (χ3v) is 5.43. The summed E-state index contributed by atoms with van der Waals surface area (Å²) < 4.78 is 11.1. The van der Waals surface area contributed by atoms with E-state index in [1.165, 1.54) is 5.56 Å². The van der Waals surface area contributed by atoms with Crippen molar-refractivity contribution in [2.75, 3.05) is 45.9 Å². The molecular formula is C23H26N2O4. The van der Waals surface area contributed by atoms with E-state index >= 15 is 0 Å². The Bertz CT molecular complexity index is 860. The first kappa shape index (κ1) is 19.5. The first-order valence-electron chi connectivity index (χ1n) is 10.2. The quantitative estimate of drug-likeness (QED) is 0.705. The maximum Gasteiger partial charge on any atom is 0.222 e. The van der Waals surface area contributed by atoms with Crippen LogP contribution < -0.4 is 9.47 Å². The van der Waals surface area contributed by atoms with Crippen molar-refractivity contribution in [3.63, 3.8) is 0 Å². The molecule has 1 amide bonds. The summed E-state index contributed by atoms with van der Waals surface area (Å²) in [6.45, 7) is 4.16. The van der Waals surface area contributed by atoms with Gasteiger partial charge >= 0.3 is 0 Å². The van der Waals surface area contributed by atoms with Gasteiger partial charge in [0, 0.05) is 38.2 Å². The second-order valence-corrected chi connectivity index (χ2v) is 7.42. The number of hydrogen-bond acceptors (Lipinski definition) is 5. The van der Waals surface area contributed by atoms with Gasteiger partial charge in [-0.25, -0.2) is 0 Å². The van der Waals surface area contributed by atoms with Crippen LogP contribution in [0.4, 0.5) is 0 Å². The van der Waals surface area contributed by atoms with Crippen LogP contribution in [-0.4, -0.2) is 67.4 Å². The van der Waals surface area contributed by atoms with Crippen LogP contribution in [-0.2, 0) is 11.2 Å². The van der Waals surface area contributed by atoms with Gasteiger partial charge in [-0.15, -0.1) is 0 Å². The van der Waals surface area contributed by atoms with Crippen LogP contribution in [0.15, 0.2) is 48.5 Å². The van der Waals surface area contributed by atoms with Crippen LogP contribution in [0.5, 0.6) is 11.5 Å². The minimum atomic E-state index is 0.0610. The van der Waals surface area contributed by atoms with Gasteiger partial charge in [-0.05, 0) is 30.2 Å². The zero-order valence-corrected chi connectivity index (χ0v) is 16.5. The topological polar surface area (TPSA) is 59.1 Å². The van der Waals surface area contributed by atoms with Crippen LogP contribution in [0.1, 0.15) is 22.3 Å². The van der Waals surface area contributed by atoms with Crippen molar-refractivity contribution in [3.05, 3.63) is 59.7 Å². The highest BCUT2D eigenvalue weighted by Crippen LogP contribution is 2.30. The number of hydrogen-bond donors (Lipinski definition) is 0. The van der Waals surface area contributed by atoms with E-state index < -0.39 is 0 Å². The number of carbonyl (C=O) groups is 2. The molecular weight excluding hydrogens is 368 g/mol. The second kappa shape index (κ2) is 9.09. The first-order chi connectivity index (χ1) is 14.2. The lowest BCUT2D eigenvalue weighted by Crippen LogP contribution is -2.49. The van der Waals surface area contributed by atoms with Crippen molar-refractivity contribution in [2.45, 2.75) is 12.8 Å². The molecule has 2 aliphatic rings. The fourth-order valence-corrected chi connectivity index (χ4v) is 3.72. The molecule has 2 aromatic carbocycles. The molecule has 2 aliphatic heterocycles. The Balaban J connectivity index is 1.24. The molecule has 2 heterocycles. The van der Waals surface area contributed by atoms with E-state index in [0.29, 0.717) is 69.4 Å². The molecule has 0 unspecified atom stereocenters. The zero-order chi connectivity index (χ0) is 20.1. The Labute approximate surface area is 171 Å². The van der Waals surface area contributed by atoms with E-state index in [0.717, 1.165) is 6.42 Å². The Morgan fingerprint density at radius 3 is 2.34 bits per heavy atom. The van der Waals surface area contributed by atoms with Gasteiger partial charge in [0.05, 0.1) is 6.54 Å². The standard InChI is InChI=1S/C23H26N2O4/c26-20(19-7-8-21-22(16-19)29-15-14-28-21)17-24-10-12-25(13-11-24)23(27)9-6-18-4-2-1-3-5-18/h1-5,7-8,16H,6,9-15,17H2. The minimum Gasteiger partial charge on any atom is -0.486 e. The van der Waals surface area contributed by atoms with E-state index in [9.17, 15) is 9.59 Å². The summed E-state index contributed by atoms with van der Waals surface area (Å²) in [7, 11) is 0. The van der Waals surface area contributed by atoms with Gasteiger partial charge in [0.2, 0.25) is 5.91 Å². The van der Waals surface area contributed by atoms with Crippen molar-refractivity contribution >= 4 is 11.7 Å². The monoisotopic (exact) mass is 394 g/mol. The van der Waals surface area contributed by atoms with Crippen LogP contribution in [0, 0.1) is 0 Å². The number of aryl methyl sites for hydroxylation is 1. The van der Waals surface area contributed by atoms with Crippen LogP contribution in [0.2, 0.25) is 0 Å². The average Bonchev–Trinajstić information content (AvgIpc) is 2.78. The van der Waals surface area contributed by atoms with Crippen molar-refractivity contribution in [3.8, 4) is 11.5 Å². The SMILES string of the molecule is O=C(CN1CCN(C(=O)CCc2ccccc2)CC1)c1ccc2c(c1)OCCO2. The Morgan fingerprint density at radius 1 is 0.862 bits per heavy atom. The molecule has 0 bridgehead atoms. The maximum absolute atomic E-state index is 12.7. The number of ether oxygens (including phenoxy) is 2. The van der Waals surface area contributed by atoms with Gasteiger partial charge < -0.3 is 14.4 Å². The molecule has 0 N–H and O–H groups in total. The zero-order valence-electron chi connectivity index (χ0n) is 16.5. The molecule has 1 saturated heterocycles. The predicted molar refractivity (Wildman–Crippen MR) is 110 cm³/mol. The molecule has 0 atom stereocenters. The molecule has 2 aromatic rings. The highest BCUT2D eigenvalue weighted by Gasteiger charge is 2.23. The number of nitrogens with zero attached hydrogens (tertiary/aromatic N) is 2. The lowest BCUT2D eigenvalue weighted by atomic mass is 10.1. The van der Waals surface area contributed by atoms with Gasteiger partial charge in [0.1, 0.15) is 13.2 Å².